The topological polar surface area (TPSA) is 99.3 Å². The third kappa shape index (κ3) is 5.20. The Kier molecular flexibility index (Phi) is 7.27. The van der Waals surface area contributed by atoms with Crippen LogP contribution in [0.4, 0.5) is 0 Å². The predicted molar refractivity (Wildman–Crippen MR) is 120 cm³/mol. The zero-order valence-corrected chi connectivity index (χ0v) is 18.3. The summed E-state index contributed by atoms with van der Waals surface area (Å²) in [5, 5.41) is 20.8. The van der Waals surface area contributed by atoms with Crippen molar-refractivity contribution in [3.05, 3.63) is 57.6 Å². The number of aryl methyl sites for hydroxylation is 2. The number of nitrogens with zero attached hydrogens (tertiary/aromatic N) is 2. The monoisotopic (exact) mass is 408 g/mol. The number of phenols is 2. The first kappa shape index (κ1) is 23.0. The molecule has 2 aromatic carbocycles. The van der Waals surface area contributed by atoms with Crippen LogP contribution in [0, 0.1) is 13.8 Å². The Balaban J connectivity index is 2.21. The summed E-state index contributed by atoms with van der Waals surface area (Å²) in [6.07, 6.45) is 0. The van der Waals surface area contributed by atoms with E-state index in [-0.39, 0.29) is 34.2 Å². The number of carbonyl (C=O) groups excluding carboxylic acids is 2. The van der Waals surface area contributed by atoms with Gasteiger partial charge in [-0.25, -0.2) is 0 Å². The van der Waals surface area contributed by atoms with Gasteiger partial charge in [0.15, 0.2) is 11.6 Å². The maximum absolute atomic E-state index is 11.7. The van der Waals surface area contributed by atoms with Crippen molar-refractivity contribution in [1.82, 2.24) is 0 Å². The number of aliphatic imine (C=N–C) groups is 2. The summed E-state index contributed by atoms with van der Waals surface area (Å²) in [5.41, 5.74) is 4.59. The van der Waals surface area contributed by atoms with Crippen LogP contribution in [-0.2, 0) is 0 Å². The Bertz CT molecular complexity index is 980. The van der Waals surface area contributed by atoms with Gasteiger partial charge < -0.3 is 10.2 Å². The van der Waals surface area contributed by atoms with Gasteiger partial charge in [-0.05, 0) is 76.9 Å². The lowest BCUT2D eigenvalue weighted by Gasteiger charge is -2.10. The molecule has 0 aliphatic rings. The highest BCUT2D eigenvalue weighted by Crippen LogP contribution is 2.27. The van der Waals surface area contributed by atoms with E-state index in [0.717, 1.165) is 11.1 Å². The van der Waals surface area contributed by atoms with Gasteiger partial charge in [-0.15, -0.1) is 0 Å². The molecule has 0 fully saturated rings. The fourth-order valence-corrected chi connectivity index (χ4v) is 3.25. The second kappa shape index (κ2) is 9.48. The van der Waals surface area contributed by atoms with Crippen molar-refractivity contribution in [2.45, 2.75) is 41.5 Å². The number of hydrogen-bond donors (Lipinski definition) is 2. The minimum absolute atomic E-state index is 0.0597. The third-order valence-electron chi connectivity index (χ3n) is 4.84. The summed E-state index contributed by atoms with van der Waals surface area (Å²) in [4.78, 5) is 32.4. The molecule has 2 aromatic rings. The number of aromatic hydroxyl groups is 2. The maximum atomic E-state index is 11.7. The van der Waals surface area contributed by atoms with E-state index in [1.807, 2.05) is 13.8 Å². The molecule has 0 bridgehead atoms. The minimum Gasteiger partial charge on any atom is -0.506 e. The first-order chi connectivity index (χ1) is 14.0. The Morgan fingerprint density at radius 3 is 1.27 bits per heavy atom. The van der Waals surface area contributed by atoms with Crippen LogP contribution in [0.2, 0.25) is 0 Å². The molecule has 0 saturated carbocycles. The molecule has 0 saturated heterocycles. The summed E-state index contributed by atoms with van der Waals surface area (Å²) in [6.45, 7) is 10.9. The minimum atomic E-state index is -0.201. The van der Waals surface area contributed by atoms with E-state index in [1.165, 1.54) is 13.8 Å². The van der Waals surface area contributed by atoms with E-state index in [1.54, 1.807) is 38.1 Å². The van der Waals surface area contributed by atoms with E-state index >= 15 is 0 Å². The van der Waals surface area contributed by atoms with Crippen LogP contribution in [0.25, 0.3) is 0 Å². The maximum Gasteiger partial charge on any atom is 0.163 e. The van der Waals surface area contributed by atoms with Crippen molar-refractivity contribution in [1.29, 1.82) is 0 Å². The Morgan fingerprint density at radius 2 is 0.967 bits per heavy atom. The lowest BCUT2D eigenvalue weighted by Crippen LogP contribution is -2.05. The Labute approximate surface area is 177 Å². The normalized spacial score (nSPS) is 12.2. The molecule has 6 heteroatoms. The number of rotatable bonds is 7. The van der Waals surface area contributed by atoms with Crippen LogP contribution in [0.1, 0.15) is 70.7 Å². The molecule has 0 aliphatic heterocycles. The molecule has 0 atom stereocenters. The highest BCUT2D eigenvalue weighted by Gasteiger charge is 2.15. The Morgan fingerprint density at radius 1 is 0.667 bits per heavy atom. The van der Waals surface area contributed by atoms with E-state index in [2.05, 4.69) is 9.98 Å². The van der Waals surface area contributed by atoms with Gasteiger partial charge in [-0.2, -0.15) is 0 Å². The fraction of sp³-hybridized carbons (Fsp3) is 0.333. The van der Waals surface area contributed by atoms with E-state index in [9.17, 15) is 19.8 Å². The van der Waals surface area contributed by atoms with Gasteiger partial charge >= 0.3 is 0 Å². The van der Waals surface area contributed by atoms with Crippen molar-refractivity contribution in [2.24, 2.45) is 9.98 Å². The van der Waals surface area contributed by atoms with Crippen LogP contribution in [-0.4, -0.2) is 46.3 Å². The summed E-state index contributed by atoms with van der Waals surface area (Å²) in [6, 6.07) is 6.91. The highest BCUT2D eigenvalue weighted by atomic mass is 16.3. The second-order valence-corrected chi connectivity index (χ2v) is 7.46. The predicted octanol–water partition coefficient (Wildman–Crippen LogP) is 4.44. The number of carbonyl (C=O) groups is 2. The Hall–Kier alpha value is -3.28. The number of phenolic OH excluding ortho intramolecular Hbond substituents is 2. The van der Waals surface area contributed by atoms with Crippen LogP contribution in [0.3, 0.4) is 0 Å². The molecular formula is C24H28N2O4. The third-order valence-corrected chi connectivity index (χ3v) is 4.84. The number of ketones is 2. The molecule has 0 unspecified atom stereocenters. The van der Waals surface area contributed by atoms with Gasteiger partial charge in [0, 0.05) is 22.6 Å². The summed E-state index contributed by atoms with van der Waals surface area (Å²) >= 11 is 0. The SMILES string of the molecule is CC(=O)c1cc(C)cc(C(C)=NCCN=C(C)c2cc(C)cc(C(C)=O)c2O)c1O. The highest BCUT2D eigenvalue weighted by molar-refractivity contribution is 6.07. The van der Waals surface area contributed by atoms with Crippen molar-refractivity contribution >= 4 is 23.0 Å². The van der Waals surface area contributed by atoms with E-state index < -0.39 is 0 Å². The van der Waals surface area contributed by atoms with Crippen LogP contribution in [0.15, 0.2) is 34.3 Å². The lowest BCUT2D eigenvalue weighted by atomic mass is 9.99. The summed E-state index contributed by atoms with van der Waals surface area (Å²) in [7, 11) is 0. The van der Waals surface area contributed by atoms with Crippen molar-refractivity contribution in [2.75, 3.05) is 13.1 Å². The van der Waals surface area contributed by atoms with Crippen LogP contribution in [0.5, 0.6) is 11.5 Å². The van der Waals surface area contributed by atoms with Gasteiger partial charge in [0.25, 0.3) is 0 Å². The average molecular weight is 408 g/mol. The van der Waals surface area contributed by atoms with Crippen molar-refractivity contribution < 1.29 is 19.8 Å². The molecule has 0 amide bonds. The average Bonchev–Trinajstić information content (AvgIpc) is 2.67. The molecule has 0 spiro atoms. The first-order valence-corrected chi connectivity index (χ1v) is 9.74. The lowest BCUT2D eigenvalue weighted by molar-refractivity contribution is 0.100. The molecule has 158 valence electrons. The summed E-state index contributed by atoms with van der Waals surface area (Å²) < 4.78 is 0. The van der Waals surface area contributed by atoms with Gasteiger partial charge in [-0.1, -0.05) is 0 Å². The van der Waals surface area contributed by atoms with Crippen molar-refractivity contribution in [3.63, 3.8) is 0 Å². The van der Waals surface area contributed by atoms with Crippen LogP contribution < -0.4 is 0 Å². The molecule has 30 heavy (non-hydrogen) atoms. The molecular weight excluding hydrogens is 380 g/mol. The van der Waals surface area contributed by atoms with Gasteiger partial charge in [-0.3, -0.25) is 19.6 Å². The molecule has 0 radical (unpaired) electrons. The second-order valence-electron chi connectivity index (χ2n) is 7.46. The number of Topliss-reactive ketones (excluding diaryl/α,β-unsaturated/α-hetero) is 2. The van der Waals surface area contributed by atoms with Crippen molar-refractivity contribution in [3.8, 4) is 11.5 Å². The number of hydrogen-bond acceptors (Lipinski definition) is 6. The fourth-order valence-electron chi connectivity index (χ4n) is 3.25. The zero-order chi connectivity index (χ0) is 22.6. The smallest absolute Gasteiger partial charge is 0.163 e. The van der Waals surface area contributed by atoms with Gasteiger partial charge in [0.2, 0.25) is 0 Å². The molecule has 0 aliphatic carbocycles. The standard InChI is InChI=1S/C24H28N2O4/c1-13-9-19(23(29)21(11-13)17(5)27)15(3)25-7-8-26-16(4)20-10-14(2)12-22(18(6)28)24(20)30/h9-12,29-30H,7-8H2,1-6H3. The molecule has 0 aromatic heterocycles. The molecule has 0 heterocycles. The largest absolute Gasteiger partial charge is 0.506 e. The van der Waals surface area contributed by atoms with Crippen LogP contribution >= 0.6 is 0 Å². The molecule has 2 rings (SSSR count). The molecule has 6 nitrogen and oxygen atoms in total. The zero-order valence-electron chi connectivity index (χ0n) is 18.3. The quantitative estimate of drug-likeness (QED) is 0.402. The summed E-state index contributed by atoms with van der Waals surface area (Å²) in [5.74, 6) is -0.521. The van der Waals surface area contributed by atoms with Gasteiger partial charge in [0.05, 0.1) is 24.2 Å². The van der Waals surface area contributed by atoms with Gasteiger partial charge in [0.1, 0.15) is 11.5 Å². The van der Waals surface area contributed by atoms with E-state index in [4.69, 9.17) is 0 Å². The first-order valence-electron chi connectivity index (χ1n) is 9.74. The molecule has 2 N–H and O–H groups in total. The number of benzene rings is 2. The van der Waals surface area contributed by atoms with E-state index in [0.29, 0.717) is 35.6 Å².